The van der Waals surface area contributed by atoms with Crippen LogP contribution in [0.25, 0.3) is 33.2 Å². The first kappa shape index (κ1) is 15.6. The average Bonchev–Trinajstić information content (AvgIpc) is 3.28. The molecule has 1 aliphatic heterocycles. The summed E-state index contributed by atoms with van der Waals surface area (Å²) in [7, 11) is 0. The van der Waals surface area contributed by atoms with Crippen LogP contribution >= 0.6 is 0 Å². The highest BCUT2D eigenvalue weighted by Gasteiger charge is 2.15. The van der Waals surface area contributed by atoms with Gasteiger partial charge in [-0.05, 0) is 54.2 Å². The summed E-state index contributed by atoms with van der Waals surface area (Å²) < 4.78 is 0. The molecule has 132 valence electrons. The Morgan fingerprint density at radius 2 is 1.65 bits per heavy atom. The monoisotopic (exact) mass is 344 g/mol. The van der Waals surface area contributed by atoms with E-state index in [1.807, 2.05) is 0 Å². The van der Waals surface area contributed by atoms with Crippen molar-refractivity contribution >= 4 is 22.1 Å². The number of fused-ring (bicyclic) bond motifs is 2. The molecule has 0 aliphatic carbocycles. The first-order valence-corrected chi connectivity index (χ1v) is 9.82. The minimum Gasteiger partial charge on any atom is -0.345 e. The van der Waals surface area contributed by atoms with E-state index in [9.17, 15) is 0 Å². The standard InChI is InChI=1S/C22H24N4/c1-2-4-6-8-21-25-19-12-10-16(17(7-5-3-1)22(19)26-21)15-9-11-18-20(13-15)24-14-23-18/h9-14H,1-8H2,(H,23,24)(H,25,26). The minimum atomic E-state index is 1.01. The lowest BCUT2D eigenvalue weighted by Crippen LogP contribution is -1.95. The Balaban J connectivity index is 1.66. The van der Waals surface area contributed by atoms with E-state index >= 15 is 0 Å². The highest BCUT2D eigenvalue weighted by molar-refractivity contribution is 5.89. The van der Waals surface area contributed by atoms with Crippen molar-refractivity contribution in [1.82, 2.24) is 19.9 Å². The summed E-state index contributed by atoms with van der Waals surface area (Å²) in [5.74, 6) is 1.14. The molecule has 3 heterocycles. The summed E-state index contributed by atoms with van der Waals surface area (Å²) in [5.41, 5.74) is 8.40. The summed E-state index contributed by atoms with van der Waals surface area (Å²) in [4.78, 5) is 16.1. The van der Waals surface area contributed by atoms with Gasteiger partial charge < -0.3 is 9.97 Å². The van der Waals surface area contributed by atoms with Gasteiger partial charge in [-0.3, -0.25) is 0 Å². The lowest BCUT2D eigenvalue weighted by atomic mass is 9.94. The molecule has 0 fully saturated rings. The molecular formula is C22H24N4. The van der Waals surface area contributed by atoms with Crippen LogP contribution in [0.4, 0.5) is 0 Å². The Hall–Kier alpha value is -2.62. The highest BCUT2D eigenvalue weighted by atomic mass is 14.9. The largest absolute Gasteiger partial charge is 0.345 e. The molecule has 4 nitrogen and oxygen atoms in total. The number of H-pyrrole nitrogens is 2. The topological polar surface area (TPSA) is 57.4 Å². The van der Waals surface area contributed by atoms with Crippen LogP contribution in [-0.4, -0.2) is 19.9 Å². The van der Waals surface area contributed by atoms with Crippen molar-refractivity contribution in [3.63, 3.8) is 0 Å². The Kier molecular flexibility index (Phi) is 3.96. The minimum absolute atomic E-state index is 1.01. The predicted molar refractivity (Wildman–Crippen MR) is 106 cm³/mol. The molecule has 0 amide bonds. The molecule has 2 aromatic heterocycles. The normalized spacial score (nSPS) is 16.0. The van der Waals surface area contributed by atoms with Crippen LogP contribution in [0.15, 0.2) is 36.7 Å². The number of hydrogen-bond donors (Lipinski definition) is 2. The van der Waals surface area contributed by atoms with E-state index in [0.717, 1.165) is 29.7 Å². The summed E-state index contributed by atoms with van der Waals surface area (Å²) in [5, 5.41) is 0. The average molecular weight is 344 g/mol. The van der Waals surface area contributed by atoms with Crippen molar-refractivity contribution in [2.75, 3.05) is 0 Å². The number of benzene rings is 2. The zero-order valence-electron chi connectivity index (χ0n) is 15.0. The van der Waals surface area contributed by atoms with E-state index in [4.69, 9.17) is 4.98 Å². The second-order valence-electron chi connectivity index (χ2n) is 7.43. The van der Waals surface area contributed by atoms with E-state index in [1.54, 1.807) is 6.33 Å². The molecule has 5 rings (SSSR count). The van der Waals surface area contributed by atoms with Crippen molar-refractivity contribution in [2.24, 2.45) is 0 Å². The zero-order chi connectivity index (χ0) is 17.3. The smallest absolute Gasteiger partial charge is 0.107 e. The molecule has 2 aromatic carbocycles. The third-order valence-corrected chi connectivity index (χ3v) is 5.63. The van der Waals surface area contributed by atoms with Crippen LogP contribution in [0.3, 0.4) is 0 Å². The van der Waals surface area contributed by atoms with E-state index in [1.165, 1.54) is 66.2 Å². The molecule has 4 heteroatoms. The molecule has 26 heavy (non-hydrogen) atoms. The number of nitrogens with zero attached hydrogens (tertiary/aromatic N) is 2. The molecular weight excluding hydrogens is 320 g/mol. The van der Waals surface area contributed by atoms with Gasteiger partial charge in [0.05, 0.1) is 28.4 Å². The fraction of sp³-hybridized carbons (Fsp3) is 0.364. The van der Waals surface area contributed by atoms with Crippen LogP contribution in [0.5, 0.6) is 0 Å². The molecule has 0 atom stereocenters. The maximum atomic E-state index is 4.99. The van der Waals surface area contributed by atoms with Gasteiger partial charge >= 0.3 is 0 Å². The second kappa shape index (κ2) is 6.60. The number of nitrogens with one attached hydrogen (secondary N) is 2. The first-order valence-electron chi connectivity index (χ1n) is 9.82. The van der Waals surface area contributed by atoms with E-state index in [-0.39, 0.29) is 0 Å². The summed E-state index contributed by atoms with van der Waals surface area (Å²) in [6, 6.07) is 11.0. The predicted octanol–water partition coefficient (Wildman–Crippen LogP) is 5.55. The Morgan fingerprint density at radius 1 is 0.808 bits per heavy atom. The van der Waals surface area contributed by atoms with E-state index in [0.29, 0.717) is 0 Å². The van der Waals surface area contributed by atoms with Gasteiger partial charge in [0, 0.05) is 6.42 Å². The van der Waals surface area contributed by atoms with Crippen molar-refractivity contribution in [2.45, 2.75) is 51.4 Å². The SMILES string of the molecule is c1nc2ccc(-c3ccc4[nH]c5nc4c3CCCCCCCC5)cc2[nH]1. The van der Waals surface area contributed by atoms with Gasteiger partial charge in [0.15, 0.2) is 0 Å². The fourth-order valence-electron chi connectivity index (χ4n) is 4.23. The van der Waals surface area contributed by atoms with Crippen LogP contribution in [0, 0.1) is 0 Å². The second-order valence-corrected chi connectivity index (χ2v) is 7.43. The summed E-state index contributed by atoms with van der Waals surface area (Å²) >= 11 is 0. The zero-order valence-corrected chi connectivity index (χ0v) is 15.0. The van der Waals surface area contributed by atoms with Gasteiger partial charge in [0.1, 0.15) is 5.82 Å². The van der Waals surface area contributed by atoms with Crippen molar-refractivity contribution in [3.05, 3.63) is 48.0 Å². The molecule has 2 N–H and O–H groups in total. The van der Waals surface area contributed by atoms with Crippen LogP contribution in [-0.2, 0) is 12.8 Å². The molecule has 0 unspecified atom stereocenters. The van der Waals surface area contributed by atoms with E-state index < -0.39 is 0 Å². The highest BCUT2D eigenvalue weighted by Crippen LogP contribution is 2.32. The van der Waals surface area contributed by atoms with Gasteiger partial charge in [0.2, 0.25) is 0 Å². The lowest BCUT2D eigenvalue weighted by molar-refractivity contribution is 0.589. The molecule has 4 aromatic rings. The molecule has 0 saturated carbocycles. The fourth-order valence-corrected chi connectivity index (χ4v) is 4.23. The molecule has 0 saturated heterocycles. The molecule has 1 aliphatic rings. The van der Waals surface area contributed by atoms with Crippen LogP contribution < -0.4 is 0 Å². The van der Waals surface area contributed by atoms with Gasteiger partial charge in [-0.2, -0.15) is 0 Å². The van der Waals surface area contributed by atoms with Gasteiger partial charge in [-0.25, -0.2) is 9.97 Å². The number of hydrogen-bond acceptors (Lipinski definition) is 2. The summed E-state index contributed by atoms with van der Waals surface area (Å²) in [6.07, 6.45) is 11.7. The van der Waals surface area contributed by atoms with Gasteiger partial charge in [-0.15, -0.1) is 0 Å². The van der Waals surface area contributed by atoms with Crippen molar-refractivity contribution in [3.8, 4) is 11.1 Å². The number of aryl methyl sites for hydroxylation is 2. The maximum absolute atomic E-state index is 4.99. The number of imidazole rings is 2. The quantitative estimate of drug-likeness (QED) is 0.476. The van der Waals surface area contributed by atoms with Gasteiger partial charge in [0.25, 0.3) is 0 Å². The molecule has 0 spiro atoms. The third kappa shape index (κ3) is 2.79. The first-order chi connectivity index (χ1) is 12.9. The van der Waals surface area contributed by atoms with Gasteiger partial charge in [-0.1, -0.05) is 37.8 Å². The third-order valence-electron chi connectivity index (χ3n) is 5.63. The number of aromatic nitrogens is 4. The van der Waals surface area contributed by atoms with Crippen LogP contribution in [0.2, 0.25) is 0 Å². The van der Waals surface area contributed by atoms with Crippen molar-refractivity contribution < 1.29 is 0 Å². The van der Waals surface area contributed by atoms with Crippen molar-refractivity contribution in [1.29, 1.82) is 0 Å². The Labute approximate surface area is 153 Å². The number of rotatable bonds is 1. The van der Waals surface area contributed by atoms with E-state index in [2.05, 4.69) is 45.3 Å². The van der Waals surface area contributed by atoms with Crippen LogP contribution in [0.1, 0.15) is 49.9 Å². The Bertz CT molecular complexity index is 1060. The lowest BCUT2D eigenvalue weighted by Gasteiger charge is -2.11. The maximum Gasteiger partial charge on any atom is 0.107 e. The Morgan fingerprint density at radius 3 is 2.58 bits per heavy atom. The molecule has 0 radical (unpaired) electrons. The molecule has 2 bridgehead atoms. The number of aromatic amines is 2. The summed E-state index contributed by atoms with van der Waals surface area (Å²) in [6.45, 7) is 0.